The van der Waals surface area contributed by atoms with Crippen LogP contribution in [0.2, 0.25) is 0 Å². The standard InChI is InChI=1S/C16H13N5OS/c1-10-9-13-19-20-16(21(13)12-6-4-3-5-11(10)12)23-15-17-8-7-14(18-15)22-2/h3-9H,1-2H3. The topological polar surface area (TPSA) is 65.2 Å². The maximum Gasteiger partial charge on any atom is 0.217 e. The smallest absolute Gasteiger partial charge is 0.217 e. The van der Waals surface area contributed by atoms with Crippen molar-refractivity contribution in [3.63, 3.8) is 0 Å². The van der Waals surface area contributed by atoms with Crippen LogP contribution in [0.5, 0.6) is 5.88 Å². The quantitative estimate of drug-likeness (QED) is 0.540. The molecule has 0 unspecified atom stereocenters. The van der Waals surface area contributed by atoms with E-state index in [0.717, 1.165) is 16.3 Å². The highest BCUT2D eigenvalue weighted by atomic mass is 32.2. The molecule has 3 heterocycles. The molecule has 0 saturated heterocycles. The number of nitrogens with zero attached hydrogens (tertiary/aromatic N) is 5. The summed E-state index contributed by atoms with van der Waals surface area (Å²) in [6.07, 6.45) is 1.67. The fourth-order valence-electron chi connectivity index (χ4n) is 2.51. The Morgan fingerprint density at radius 3 is 2.87 bits per heavy atom. The third-order valence-electron chi connectivity index (χ3n) is 3.57. The highest BCUT2D eigenvalue weighted by Gasteiger charge is 2.13. The summed E-state index contributed by atoms with van der Waals surface area (Å²) in [6, 6.07) is 12.0. The highest BCUT2D eigenvalue weighted by molar-refractivity contribution is 7.99. The van der Waals surface area contributed by atoms with Gasteiger partial charge in [-0.25, -0.2) is 4.98 Å². The van der Waals surface area contributed by atoms with Crippen LogP contribution >= 0.6 is 11.8 Å². The molecule has 1 aromatic carbocycles. The molecule has 114 valence electrons. The summed E-state index contributed by atoms with van der Waals surface area (Å²) in [5.74, 6) is 0.525. The summed E-state index contributed by atoms with van der Waals surface area (Å²) in [5, 5.41) is 11.0. The number of aryl methyl sites for hydroxylation is 1. The number of hydrogen-bond donors (Lipinski definition) is 0. The molecule has 0 aliphatic carbocycles. The molecule has 0 spiro atoms. The molecule has 6 nitrogen and oxygen atoms in total. The van der Waals surface area contributed by atoms with Gasteiger partial charge in [0.2, 0.25) is 11.0 Å². The second-order valence-electron chi connectivity index (χ2n) is 5.00. The highest BCUT2D eigenvalue weighted by Crippen LogP contribution is 2.28. The minimum absolute atomic E-state index is 0.525. The molecule has 0 atom stereocenters. The first kappa shape index (κ1) is 14.0. The van der Waals surface area contributed by atoms with Gasteiger partial charge >= 0.3 is 0 Å². The molecule has 0 aliphatic heterocycles. The first-order valence-corrected chi connectivity index (χ1v) is 7.86. The Balaban J connectivity index is 1.89. The lowest BCUT2D eigenvalue weighted by molar-refractivity contribution is 0.392. The summed E-state index contributed by atoms with van der Waals surface area (Å²) < 4.78 is 7.16. The molecule has 0 saturated carbocycles. The van der Waals surface area contributed by atoms with Crippen molar-refractivity contribution >= 4 is 28.3 Å². The van der Waals surface area contributed by atoms with Crippen LogP contribution in [-0.2, 0) is 0 Å². The van der Waals surface area contributed by atoms with Crippen molar-refractivity contribution in [3.8, 4) is 5.88 Å². The molecule has 3 aromatic heterocycles. The van der Waals surface area contributed by atoms with Gasteiger partial charge < -0.3 is 4.74 Å². The molecule has 0 aliphatic rings. The molecule has 0 bridgehead atoms. The molecule has 0 N–H and O–H groups in total. The van der Waals surface area contributed by atoms with Crippen molar-refractivity contribution in [3.05, 3.63) is 48.2 Å². The first-order chi connectivity index (χ1) is 11.3. The molecule has 0 amide bonds. The van der Waals surface area contributed by atoms with Gasteiger partial charge in [-0.2, -0.15) is 4.98 Å². The van der Waals surface area contributed by atoms with Gasteiger partial charge in [-0.3, -0.25) is 4.40 Å². The molecule has 7 heteroatoms. The number of pyridine rings is 1. The second-order valence-corrected chi connectivity index (χ2v) is 5.94. The zero-order valence-corrected chi connectivity index (χ0v) is 13.4. The Hall–Kier alpha value is -2.67. The lowest BCUT2D eigenvalue weighted by Gasteiger charge is -2.07. The van der Waals surface area contributed by atoms with Gasteiger partial charge in [0.1, 0.15) is 0 Å². The number of hydrogen-bond acceptors (Lipinski definition) is 6. The second kappa shape index (κ2) is 5.51. The monoisotopic (exact) mass is 323 g/mol. The maximum absolute atomic E-state index is 5.14. The number of fused-ring (bicyclic) bond motifs is 3. The number of rotatable bonds is 3. The van der Waals surface area contributed by atoms with Crippen molar-refractivity contribution in [1.29, 1.82) is 0 Å². The van der Waals surface area contributed by atoms with Crippen molar-refractivity contribution in [2.24, 2.45) is 0 Å². The van der Waals surface area contributed by atoms with Crippen molar-refractivity contribution < 1.29 is 4.74 Å². The van der Waals surface area contributed by atoms with Gasteiger partial charge in [-0.1, -0.05) is 18.2 Å². The van der Waals surface area contributed by atoms with Crippen molar-refractivity contribution in [1.82, 2.24) is 24.6 Å². The van der Waals surface area contributed by atoms with Crippen LogP contribution < -0.4 is 4.74 Å². The van der Waals surface area contributed by atoms with Crippen LogP contribution in [0.25, 0.3) is 16.6 Å². The first-order valence-electron chi connectivity index (χ1n) is 7.04. The Kier molecular flexibility index (Phi) is 3.34. The van der Waals surface area contributed by atoms with E-state index in [1.165, 1.54) is 22.7 Å². The summed E-state index contributed by atoms with van der Waals surface area (Å²) in [6.45, 7) is 2.08. The Morgan fingerprint density at radius 2 is 2.00 bits per heavy atom. The van der Waals surface area contributed by atoms with Crippen LogP contribution in [0.1, 0.15) is 5.56 Å². The van der Waals surface area contributed by atoms with E-state index >= 15 is 0 Å². The van der Waals surface area contributed by atoms with Crippen molar-refractivity contribution in [2.45, 2.75) is 17.2 Å². The summed E-state index contributed by atoms with van der Waals surface area (Å²) in [4.78, 5) is 8.58. The molecule has 4 rings (SSSR count). The zero-order chi connectivity index (χ0) is 15.8. The largest absolute Gasteiger partial charge is 0.481 e. The van der Waals surface area contributed by atoms with Crippen LogP contribution in [-0.4, -0.2) is 31.7 Å². The minimum atomic E-state index is 0.525. The van der Waals surface area contributed by atoms with E-state index in [1.54, 1.807) is 19.4 Å². The predicted octanol–water partition coefficient (Wildman–Crippen LogP) is 3.14. The van der Waals surface area contributed by atoms with Gasteiger partial charge in [-0.05, 0) is 36.4 Å². The molecule has 0 fully saturated rings. The van der Waals surface area contributed by atoms with Crippen molar-refractivity contribution in [2.75, 3.05) is 7.11 Å². The third kappa shape index (κ3) is 2.39. The molecule has 4 aromatic rings. The van der Waals surface area contributed by atoms with Gasteiger partial charge in [0.05, 0.1) is 12.6 Å². The zero-order valence-electron chi connectivity index (χ0n) is 12.6. The summed E-state index contributed by atoms with van der Waals surface area (Å²) in [5.41, 5.74) is 3.05. The fraction of sp³-hybridized carbons (Fsp3) is 0.125. The van der Waals surface area contributed by atoms with E-state index in [2.05, 4.69) is 39.2 Å². The van der Waals surface area contributed by atoms with E-state index in [-0.39, 0.29) is 0 Å². The number of para-hydroxylation sites is 1. The average molecular weight is 323 g/mol. The number of benzene rings is 1. The van der Waals surface area contributed by atoms with Gasteiger partial charge in [-0.15, -0.1) is 10.2 Å². The van der Waals surface area contributed by atoms with Gasteiger partial charge in [0.25, 0.3) is 0 Å². The van der Waals surface area contributed by atoms with Crippen LogP contribution in [0, 0.1) is 6.92 Å². The van der Waals surface area contributed by atoms with Crippen LogP contribution in [0.4, 0.5) is 0 Å². The Labute approximate surface area is 136 Å². The average Bonchev–Trinajstić information content (AvgIpc) is 2.98. The van der Waals surface area contributed by atoms with Crippen LogP contribution in [0.15, 0.2) is 52.9 Å². The van der Waals surface area contributed by atoms with Gasteiger partial charge in [0, 0.05) is 17.6 Å². The fourth-order valence-corrected chi connectivity index (χ4v) is 3.29. The Morgan fingerprint density at radius 1 is 1.13 bits per heavy atom. The van der Waals surface area contributed by atoms with Gasteiger partial charge in [0.15, 0.2) is 10.8 Å². The number of methoxy groups -OCH3 is 1. The molecular weight excluding hydrogens is 310 g/mol. The Bertz CT molecular complexity index is 1010. The SMILES string of the molecule is COc1ccnc(Sc2nnc3cc(C)c4ccccc4n23)n1. The van der Waals surface area contributed by atoms with E-state index < -0.39 is 0 Å². The lowest BCUT2D eigenvalue weighted by Crippen LogP contribution is -1.95. The van der Waals surface area contributed by atoms with Crippen LogP contribution in [0.3, 0.4) is 0 Å². The number of ether oxygens (including phenoxy) is 1. The number of aromatic nitrogens is 5. The van der Waals surface area contributed by atoms with E-state index in [4.69, 9.17) is 4.74 Å². The third-order valence-corrected chi connectivity index (χ3v) is 4.40. The molecule has 0 radical (unpaired) electrons. The van der Waals surface area contributed by atoms with E-state index in [0.29, 0.717) is 11.0 Å². The normalized spacial score (nSPS) is 11.2. The summed E-state index contributed by atoms with van der Waals surface area (Å²) in [7, 11) is 1.58. The maximum atomic E-state index is 5.14. The summed E-state index contributed by atoms with van der Waals surface area (Å²) >= 11 is 1.36. The minimum Gasteiger partial charge on any atom is -0.481 e. The van der Waals surface area contributed by atoms with E-state index in [1.807, 2.05) is 22.6 Å². The molecular formula is C16H13N5OS. The molecule has 23 heavy (non-hydrogen) atoms. The van der Waals surface area contributed by atoms with E-state index in [9.17, 15) is 0 Å². The lowest BCUT2D eigenvalue weighted by atomic mass is 10.1. The predicted molar refractivity (Wildman–Crippen MR) is 87.9 cm³/mol.